The molecule has 3 aromatic carbocycles. The molecule has 160 valence electrons. The lowest BCUT2D eigenvalue weighted by atomic mass is 9.89. The van der Waals surface area contributed by atoms with E-state index in [1.165, 1.54) is 12.1 Å². The third kappa shape index (κ3) is 3.92. The van der Waals surface area contributed by atoms with Crippen molar-refractivity contribution in [3.8, 4) is 33.8 Å². The van der Waals surface area contributed by atoms with Gasteiger partial charge in [-0.1, -0.05) is 23.2 Å². The first-order valence-corrected chi connectivity index (χ1v) is 9.82. The Bertz CT molecular complexity index is 1260. The van der Waals surface area contributed by atoms with Gasteiger partial charge in [0.15, 0.2) is 0 Å². The van der Waals surface area contributed by atoms with Crippen molar-refractivity contribution in [2.75, 3.05) is 0 Å². The van der Waals surface area contributed by atoms with Crippen LogP contribution in [-0.4, -0.2) is 32.4 Å². The van der Waals surface area contributed by atoms with E-state index in [0.717, 1.165) is 0 Å². The summed E-state index contributed by atoms with van der Waals surface area (Å²) in [7, 11) is 0. The topological polar surface area (TPSA) is 115 Å². The predicted molar refractivity (Wildman–Crippen MR) is 119 cm³/mol. The molecule has 0 aromatic heterocycles. The van der Waals surface area contributed by atoms with E-state index in [0.29, 0.717) is 44.0 Å². The van der Waals surface area contributed by atoms with E-state index in [1.54, 1.807) is 39.0 Å². The maximum atomic E-state index is 11.6. The molecule has 6 nitrogen and oxygen atoms in total. The number of phenols is 2. The Hall–Kier alpha value is -3.22. The number of carboxylic acids is 2. The van der Waals surface area contributed by atoms with E-state index >= 15 is 0 Å². The standard InChI is InChI=1S/C23H18Cl2O6/c1-9-4-12(6-15(20(9)26)22(28)29)14-8-17(24)11(3)19(25)18(14)13-5-10(2)21(27)16(7-13)23(30)31/h4-8,26-27H,1-3H3,(H,28,29)(H,30,31). The van der Waals surface area contributed by atoms with Crippen LogP contribution in [0.25, 0.3) is 22.3 Å². The molecule has 0 aliphatic carbocycles. The van der Waals surface area contributed by atoms with Crippen molar-refractivity contribution in [2.24, 2.45) is 0 Å². The number of aromatic hydroxyl groups is 2. The Morgan fingerprint density at radius 2 is 1.19 bits per heavy atom. The average molecular weight is 461 g/mol. The second-order valence-corrected chi connectivity index (χ2v) is 7.99. The Morgan fingerprint density at radius 1 is 0.742 bits per heavy atom. The van der Waals surface area contributed by atoms with Crippen molar-refractivity contribution < 1.29 is 30.0 Å². The Balaban J connectivity index is 2.44. The van der Waals surface area contributed by atoms with Gasteiger partial charge < -0.3 is 20.4 Å². The number of benzene rings is 3. The van der Waals surface area contributed by atoms with Gasteiger partial charge in [0.2, 0.25) is 0 Å². The zero-order valence-corrected chi connectivity index (χ0v) is 18.3. The highest BCUT2D eigenvalue weighted by Crippen LogP contribution is 2.45. The fourth-order valence-corrected chi connectivity index (χ4v) is 3.98. The summed E-state index contributed by atoms with van der Waals surface area (Å²) < 4.78 is 0. The van der Waals surface area contributed by atoms with Crippen molar-refractivity contribution >= 4 is 35.1 Å². The third-order valence-electron chi connectivity index (χ3n) is 5.11. The number of halogens is 2. The molecule has 4 N–H and O–H groups in total. The van der Waals surface area contributed by atoms with Crippen LogP contribution in [0.3, 0.4) is 0 Å². The maximum Gasteiger partial charge on any atom is 0.339 e. The van der Waals surface area contributed by atoms with Gasteiger partial charge in [0.25, 0.3) is 0 Å². The summed E-state index contributed by atoms with van der Waals surface area (Å²) in [5.41, 5.74) is 2.35. The lowest BCUT2D eigenvalue weighted by molar-refractivity contribution is 0.0682. The second-order valence-electron chi connectivity index (χ2n) is 7.21. The first kappa shape index (κ1) is 22.5. The van der Waals surface area contributed by atoms with Crippen molar-refractivity contribution in [3.63, 3.8) is 0 Å². The van der Waals surface area contributed by atoms with Gasteiger partial charge in [-0.3, -0.25) is 0 Å². The highest BCUT2D eigenvalue weighted by molar-refractivity contribution is 6.38. The van der Waals surface area contributed by atoms with Crippen LogP contribution >= 0.6 is 23.2 Å². The van der Waals surface area contributed by atoms with Crippen molar-refractivity contribution in [1.29, 1.82) is 0 Å². The van der Waals surface area contributed by atoms with E-state index in [9.17, 15) is 30.0 Å². The van der Waals surface area contributed by atoms with E-state index in [1.807, 2.05) is 0 Å². The van der Waals surface area contributed by atoms with Gasteiger partial charge in [-0.25, -0.2) is 9.59 Å². The number of aryl methyl sites for hydroxylation is 2. The number of carboxylic acid groups (broad SMARTS) is 2. The van der Waals surface area contributed by atoms with E-state index < -0.39 is 11.9 Å². The van der Waals surface area contributed by atoms with Gasteiger partial charge in [-0.15, -0.1) is 0 Å². The van der Waals surface area contributed by atoms with Gasteiger partial charge in [-0.05, 0) is 84.5 Å². The third-order valence-corrected chi connectivity index (χ3v) is 5.97. The van der Waals surface area contributed by atoms with Crippen LogP contribution in [-0.2, 0) is 0 Å². The minimum absolute atomic E-state index is 0.256. The molecule has 3 aromatic rings. The quantitative estimate of drug-likeness (QED) is 0.376. The number of hydrogen-bond acceptors (Lipinski definition) is 4. The molecule has 0 fully saturated rings. The van der Waals surface area contributed by atoms with Gasteiger partial charge in [0.1, 0.15) is 22.6 Å². The molecule has 0 spiro atoms. The summed E-state index contributed by atoms with van der Waals surface area (Å²) in [6.07, 6.45) is 0. The van der Waals surface area contributed by atoms with Gasteiger partial charge >= 0.3 is 11.9 Å². The molecule has 0 atom stereocenters. The van der Waals surface area contributed by atoms with Crippen molar-refractivity contribution in [1.82, 2.24) is 0 Å². The monoisotopic (exact) mass is 460 g/mol. The Morgan fingerprint density at radius 3 is 1.68 bits per heavy atom. The minimum Gasteiger partial charge on any atom is -0.507 e. The summed E-state index contributed by atoms with van der Waals surface area (Å²) in [4.78, 5) is 23.2. The molecule has 0 aliphatic rings. The zero-order valence-electron chi connectivity index (χ0n) is 16.7. The summed E-state index contributed by atoms with van der Waals surface area (Å²) >= 11 is 13.0. The lowest BCUT2D eigenvalue weighted by Gasteiger charge is -2.18. The van der Waals surface area contributed by atoms with E-state index in [-0.39, 0.29) is 27.6 Å². The molecule has 0 bridgehead atoms. The van der Waals surface area contributed by atoms with Crippen molar-refractivity contribution in [3.05, 3.63) is 68.2 Å². The molecule has 8 heteroatoms. The summed E-state index contributed by atoms with van der Waals surface area (Å²) in [5, 5.41) is 39.8. The highest BCUT2D eigenvalue weighted by Gasteiger charge is 2.22. The maximum absolute atomic E-state index is 11.6. The normalized spacial score (nSPS) is 10.9. The first-order valence-electron chi connectivity index (χ1n) is 9.07. The average Bonchev–Trinajstić information content (AvgIpc) is 2.69. The number of rotatable bonds is 4. The molecule has 3 rings (SSSR count). The van der Waals surface area contributed by atoms with Crippen LogP contribution in [0.4, 0.5) is 0 Å². The fourth-order valence-electron chi connectivity index (χ4n) is 3.41. The molecule has 31 heavy (non-hydrogen) atoms. The van der Waals surface area contributed by atoms with Gasteiger partial charge in [0.05, 0.1) is 5.02 Å². The number of aromatic carboxylic acids is 2. The smallest absolute Gasteiger partial charge is 0.339 e. The molecular weight excluding hydrogens is 443 g/mol. The van der Waals surface area contributed by atoms with Gasteiger partial charge in [-0.2, -0.15) is 0 Å². The highest BCUT2D eigenvalue weighted by atomic mass is 35.5. The number of hydrogen-bond donors (Lipinski definition) is 4. The van der Waals surface area contributed by atoms with E-state index in [4.69, 9.17) is 23.2 Å². The SMILES string of the molecule is Cc1cc(-c2cc(Cl)c(C)c(Cl)c2-c2cc(C)c(O)c(C(=O)O)c2)cc(C(=O)O)c1O. The van der Waals surface area contributed by atoms with Crippen LogP contribution < -0.4 is 0 Å². The molecular formula is C23H18Cl2O6. The lowest BCUT2D eigenvalue weighted by Crippen LogP contribution is -2.01. The summed E-state index contributed by atoms with van der Waals surface area (Å²) in [6, 6.07) is 7.39. The zero-order chi connectivity index (χ0) is 23.2. The summed E-state index contributed by atoms with van der Waals surface area (Å²) in [5.74, 6) is -3.31. The molecule has 0 heterocycles. The van der Waals surface area contributed by atoms with Crippen LogP contribution in [0.1, 0.15) is 37.4 Å². The molecule has 0 amide bonds. The van der Waals surface area contributed by atoms with Crippen LogP contribution in [0, 0.1) is 20.8 Å². The van der Waals surface area contributed by atoms with Crippen LogP contribution in [0.2, 0.25) is 10.0 Å². The van der Waals surface area contributed by atoms with E-state index in [2.05, 4.69) is 0 Å². The Kier molecular flexibility index (Phi) is 5.89. The van der Waals surface area contributed by atoms with Crippen LogP contribution in [0.15, 0.2) is 30.3 Å². The van der Waals surface area contributed by atoms with Gasteiger partial charge in [0, 0.05) is 10.6 Å². The molecule has 0 saturated carbocycles. The largest absolute Gasteiger partial charge is 0.507 e. The minimum atomic E-state index is -1.31. The first-order chi connectivity index (χ1) is 14.4. The molecule has 0 saturated heterocycles. The second kappa shape index (κ2) is 8.13. The molecule has 0 aliphatic heterocycles. The number of carbonyl (C=O) groups is 2. The molecule has 0 unspecified atom stereocenters. The summed E-state index contributed by atoms with van der Waals surface area (Å²) in [6.45, 7) is 4.83. The van der Waals surface area contributed by atoms with Crippen LogP contribution in [0.5, 0.6) is 11.5 Å². The van der Waals surface area contributed by atoms with Crippen molar-refractivity contribution in [2.45, 2.75) is 20.8 Å². The fraction of sp³-hybridized carbons (Fsp3) is 0.130. The predicted octanol–water partition coefficient (Wildman–Crippen LogP) is 6.06. The molecule has 0 radical (unpaired) electrons. The Labute approximate surface area is 187 Å².